The molecule has 30 heavy (non-hydrogen) atoms. The Morgan fingerprint density at radius 3 is 2.30 bits per heavy atom. The number of hydrogen-bond acceptors (Lipinski definition) is 10. The minimum absolute atomic E-state index is 0.0237. The number of carbonyl (C=O) groups is 3. The zero-order chi connectivity index (χ0) is 22.0. The molecule has 11 heteroatoms. The Kier molecular flexibility index (Phi) is 6.20. The van der Waals surface area contributed by atoms with E-state index in [-0.39, 0.29) is 12.3 Å². The Balaban J connectivity index is 1.94. The van der Waals surface area contributed by atoms with E-state index in [0.29, 0.717) is 18.7 Å². The highest BCUT2D eigenvalue weighted by Gasteiger charge is 2.50. The van der Waals surface area contributed by atoms with Gasteiger partial charge in [-0.3, -0.25) is 24.5 Å². The van der Waals surface area contributed by atoms with Crippen LogP contribution in [0.3, 0.4) is 0 Å². The fourth-order valence-corrected chi connectivity index (χ4v) is 3.78. The van der Waals surface area contributed by atoms with Gasteiger partial charge in [0.15, 0.2) is 24.5 Å². The molecule has 4 atom stereocenters. The van der Waals surface area contributed by atoms with Gasteiger partial charge in [-0.25, -0.2) is 0 Å². The Hall–Kier alpha value is -3.21. The first-order valence-corrected chi connectivity index (χ1v) is 9.34. The minimum Gasteiger partial charge on any atom is -0.456 e. The van der Waals surface area contributed by atoms with E-state index >= 15 is 0 Å². The second-order valence-electron chi connectivity index (χ2n) is 7.03. The highest BCUT2D eigenvalue weighted by molar-refractivity contribution is 5.69. The molecule has 1 aromatic carbocycles. The SMILES string of the molecule is CC(=O)O[C@H]1[C@H](OC(C)=O)[C@@H](N2CCc3cc([N+](=O)[O-])ccc32)OC[C@H]1OC(C)=O. The third-order valence-electron chi connectivity index (χ3n) is 4.84. The lowest BCUT2D eigenvalue weighted by molar-refractivity contribution is -0.384. The molecule has 1 fully saturated rings. The average Bonchev–Trinajstić information content (AvgIpc) is 3.06. The Labute approximate surface area is 172 Å². The van der Waals surface area contributed by atoms with Gasteiger partial charge in [-0.1, -0.05) is 0 Å². The van der Waals surface area contributed by atoms with Crippen molar-refractivity contribution in [2.24, 2.45) is 0 Å². The van der Waals surface area contributed by atoms with Crippen LogP contribution in [0.4, 0.5) is 11.4 Å². The van der Waals surface area contributed by atoms with E-state index in [9.17, 15) is 24.5 Å². The van der Waals surface area contributed by atoms with E-state index in [1.54, 1.807) is 11.0 Å². The summed E-state index contributed by atoms with van der Waals surface area (Å²) < 4.78 is 21.9. The van der Waals surface area contributed by atoms with Crippen molar-refractivity contribution in [3.05, 3.63) is 33.9 Å². The van der Waals surface area contributed by atoms with E-state index in [4.69, 9.17) is 18.9 Å². The molecule has 0 radical (unpaired) electrons. The molecule has 162 valence electrons. The van der Waals surface area contributed by atoms with Crippen LogP contribution in [0.25, 0.3) is 0 Å². The first-order chi connectivity index (χ1) is 14.2. The highest BCUT2D eigenvalue weighted by Crippen LogP contribution is 2.36. The van der Waals surface area contributed by atoms with Crippen molar-refractivity contribution >= 4 is 29.3 Å². The molecule has 0 aromatic heterocycles. The molecule has 0 bridgehead atoms. The topological polar surface area (TPSA) is 135 Å². The highest BCUT2D eigenvalue weighted by atomic mass is 16.6. The lowest BCUT2D eigenvalue weighted by Gasteiger charge is -2.44. The second-order valence-corrected chi connectivity index (χ2v) is 7.03. The number of nitro benzene ring substituents is 1. The van der Waals surface area contributed by atoms with Gasteiger partial charge in [0.1, 0.15) is 0 Å². The lowest BCUT2D eigenvalue weighted by atomic mass is 10.0. The molecule has 2 aliphatic heterocycles. The van der Waals surface area contributed by atoms with Crippen molar-refractivity contribution in [2.75, 3.05) is 18.1 Å². The molecule has 0 spiro atoms. The van der Waals surface area contributed by atoms with Crippen LogP contribution in [0, 0.1) is 10.1 Å². The Morgan fingerprint density at radius 2 is 1.70 bits per heavy atom. The lowest BCUT2D eigenvalue weighted by Crippen LogP contribution is -2.62. The maximum absolute atomic E-state index is 11.8. The standard InChI is InChI=1S/C19H22N2O9/c1-10(22)28-16-9-27-19(18(30-12(3)24)17(16)29-11(2)23)20-7-6-13-8-14(21(25)26)4-5-15(13)20/h4-5,8,16-19H,6-7,9H2,1-3H3/t16-,17-,18+,19+/m1/s1. The molecule has 1 aromatic rings. The van der Waals surface area contributed by atoms with Gasteiger partial charge in [0.2, 0.25) is 0 Å². The summed E-state index contributed by atoms with van der Waals surface area (Å²) in [6.07, 6.45) is -3.42. The molecule has 0 N–H and O–H groups in total. The van der Waals surface area contributed by atoms with E-state index in [1.807, 2.05) is 0 Å². The third kappa shape index (κ3) is 4.51. The number of hydrogen-bond donors (Lipinski definition) is 0. The number of benzene rings is 1. The molecule has 2 aliphatic rings. The van der Waals surface area contributed by atoms with Crippen LogP contribution in [-0.2, 0) is 39.8 Å². The van der Waals surface area contributed by atoms with Crippen LogP contribution >= 0.6 is 0 Å². The summed E-state index contributed by atoms with van der Waals surface area (Å²) in [4.78, 5) is 47.3. The van der Waals surface area contributed by atoms with Gasteiger partial charge >= 0.3 is 17.9 Å². The van der Waals surface area contributed by atoms with Crippen LogP contribution in [-0.4, -0.2) is 60.5 Å². The molecule has 0 unspecified atom stereocenters. The molecule has 0 saturated carbocycles. The largest absolute Gasteiger partial charge is 0.456 e. The van der Waals surface area contributed by atoms with Gasteiger partial charge in [0.25, 0.3) is 5.69 Å². The number of esters is 3. The third-order valence-corrected chi connectivity index (χ3v) is 4.84. The zero-order valence-corrected chi connectivity index (χ0v) is 16.7. The average molecular weight is 422 g/mol. The summed E-state index contributed by atoms with van der Waals surface area (Å²) in [5.74, 6) is -1.86. The molecular formula is C19H22N2O9. The predicted octanol–water partition coefficient (Wildman–Crippen LogP) is 1.11. The Morgan fingerprint density at radius 1 is 1.07 bits per heavy atom. The smallest absolute Gasteiger partial charge is 0.303 e. The van der Waals surface area contributed by atoms with E-state index in [1.165, 1.54) is 32.9 Å². The second kappa shape index (κ2) is 8.66. The number of carbonyl (C=O) groups excluding carboxylic acids is 3. The number of fused-ring (bicyclic) bond motifs is 1. The number of non-ortho nitro benzene ring substituents is 1. The van der Waals surface area contributed by atoms with Crippen molar-refractivity contribution in [2.45, 2.75) is 51.7 Å². The van der Waals surface area contributed by atoms with Gasteiger partial charge in [0.05, 0.1) is 11.5 Å². The number of ether oxygens (including phenoxy) is 4. The van der Waals surface area contributed by atoms with E-state index in [2.05, 4.69) is 0 Å². The summed E-state index contributed by atoms with van der Waals surface area (Å²) in [5, 5.41) is 11.0. The molecule has 0 aliphatic carbocycles. The van der Waals surface area contributed by atoms with Crippen LogP contribution in [0.5, 0.6) is 0 Å². The van der Waals surface area contributed by atoms with Crippen molar-refractivity contribution < 1.29 is 38.3 Å². The number of nitrogens with zero attached hydrogens (tertiary/aromatic N) is 2. The summed E-state index contributed by atoms with van der Waals surface area (Å²) in [5.41, 5.74) is 1.42. The fraction of sp³-hybridized carbons (Fsp3) is 0.526. The van der Waals surface area contributed by atoms with E-state index < -0.39 is 47.4 Å². The quantitative estimate of drug-likeness (QED) is 0.294. The summed E-state index contributed by atoms with van der Waals surface area (Å²) in [6, 6.07) is 4.48. The van der Waals surface area contributed by atoms with Crippen molar-refractivity contribution in [1.29, 1.82) is 0 Å². The Bertz CT molecular complexity index is 872. The van der Waals surface area contributed by atoms with Crippen LogP contribution in [0.2, 0.25) is 0 Å². The van der Waals surface area contributed by atoms with Crippen molar-refractivity contribution in [3.63, 3.8) is 0 Å². The first-order valence-electron chi connectivity index (χ1n) is 9.34. The minimum atomic E-state index is -1.08. The van der Waals surface area contributed by atoms with Gasteiger partial charge in [-0.2, -0.15) is 0 Å². The van der Waals surface area contributed by atoms with Crippen molar-refractivity contribution in [3.8, 4) is 0 Å². The van der Waals surface area contributed by atoms with Crippen LogP contribution in [0.15, 0.2) is 18.2 Å². The number of anilines is 1. The normalized spacial score (nSPS) is 25.2. The summed E-state index contributed by atoms with van der Waals surface area (Å²) in [6.45, 7) is 3.98. The summed E-state index contributed by atoms with van der Waals surface area (Å²) in [7, 11) is 0. The monoisotopic (exact) mass is 422 g/mol. The first kappa shape index (κ1) is 21.5. The molecule has 1 saturated heterocycles. The zero-order valence-electron chi connectivity index (χ0n) is 16.7. The maximum atomic E-state index is 11.8. The molecular weight excluding hydrogens is 400 g/mol. The molecule has 11 nitrogen and oxygen atoms in total. The van der Waals surface area contributed by atoms with Gasteiger partial charge in [-0.15, -0.1) is 0 Å². The van der Waals surface area contributed by atoms with E-state index in [0.717, 1.165) is 5.56 Å². The van der Waals surface area contributed by atoms with Gasteiger partial charge in [-0.05, 0) is 18.1 Å². The van der Waals surface area contributed by atoms with Crippen LogP contribution < -0.4 is 4.90 Å². The van der Waals surface area contributed by atoms with Gasteiger partial charge in [0, 0.05) is 45.1 Å². The molecule has 3 rings (SSSR count). The molecule has 2 heterocycles. The number of nitro groups is 1. The molecule has 0 amide bonds. The number of rotatable bonds is 5. The van der Waals surface area contributed by atoms with Crippen LogP contribution in [0.1, 0.15) is 26.3 Å². The van der Waals surface area contributed by atoms with Crippen molar-refractivity contribution in [1.82, 2.24) is 0 Å². The predicted molar refractivity (Wildman–Crippen MR) is 101 cm³/mol. The van der Waals surface area contributed by atoms with Gasteiger partial charge < -0.3 is 23.8 Å². The maximum Gasteiger partial charge on any atom is 0.303 e. The summed E-state index contributed by atoms with van der Waals surface area (Å²) >= 11 is 0. The fourth-order valence-electron chi connectivity index (χ4n) is 3.78.